The van der Waals surface area contributed by atoms with E-state index in [-0.39, 0.29) is 41.1 Å². The Morgan fingerprint density at radius 1 is 0.982 bits per heavy atom. The Bertz CT molecular complexity index is 2140. The van der Waals surface area contributed by atoms with Crippen LogP contribution in [-0.4, -0.2) is 119 Å². The SMILES string of the molecule is COc1c(N2CC3CCCNC3C2)c(F)cc2c(=O)c(C(=O)OCOC(=O)N(CC3CN(c4ccc(N5CCOCC5)c(F)c4)C(=O)O3)C(C)=O)cn(C3CC3)c12. The molecular weight excluding hydrogens is 750 g/mol. The van der Waals surface area contributed by atoms with E-state index < -0.39 is 66.1 Å². The van der Waals surface area contributed by atoms with Crippen molar-refractivity contribution in [3.05, 3.63) is 57.9 Å². The first kappa shape index (κ1) is 38.4. The van der Waals surface area contributed by atoms with Crippen LogP contribution in [0.15, 0.2) is 35.3 Å². The molecule has 16 nitrogen and oxygen atoms in total. The number of halogens is 2. The van der Waals surface area contributed by atoms with E-state index in [1.807, 2.05) is 9.80 Å². The number of pyridine rings is 1. The number of hydrogen-bond acceptors (Lipinski definition) is 13. The summed E-state index contributed by atoms with van der Waals surface area (Å²) in [7, 11) is 1.43. The number of nitrogens with one attached hydrogen (secondary N) is 1. The number of carbonyl (C=O) groups is 4. The highest BCUT2D eigenvalue weighted by atomic mass is 19.1. The molecule has 0 bridgehead atoms. The molecule has 8 rings (SSSR count). The number of benzene rings is 2. The number of anilines is 3. The number of fused-ring (bicyclic) bond motifs is 2. The molecule has 0 spiro atoms. The number of esters is 1. The van der Waals surface area contributed by atoms with Crippen LogP contribution in [0.4, 0.5) is 35.4 Å². The maximum absolute atomic E-state index is 16.0. The highest BCUT2D eigenvalue weighted by molar-refractivity contribution is 5.98. The minimum atomic E-state index is -1.20. The number of piperidine rings is 1. The van der Waals surface area contributed by atoms with Gasteiger partial charge in [0.05, 0.1) is 55.7 Å². The molecule has 5 aliphatic rings. The van der Waals surface area contributed by atoms with Gasteiger partial charge in [0.15, 0.2) is 11.6 Å². The fourth-order valence-corrected chi connectivity index (χ4v) is 8.32. The minimum Gasteiger partial charge on any atom is -0.492 e. The van der Waals surface area contributed by atoms with Gasteiger partial charge in [0, 0.05) is 51.4 Å². The summed E-state index contributed by atoms with van der Waals surface area (Å²) >= 11 is 0. The van der Waals surface area contributed by atoms with E-state index >= 15 is 8.78 Å². The van der Waals surface area contributed by atoms with Gasteiger partial charge in [-0.2, -0.15) is 0 Å². The molecule has 2 aromatic carbocycles. The van der Waals surface area contributed by atoms with Gasteiger partial charge in [-0.15, -0.1) is 0 Å². The molecule has 1 aromatic heterocycles. The molecule has 3 aromatic rings. The van der Waals surface area contributed by atoms with E-state index in [9.17, 15) is 24.0 Å². The van der Waals surface area contributed by atoms with Crippen LogP contribution in [0.5, 0.6) is 5.75 Å². The van der Waals surface area contributed by atoms with Gasteiger partial charge in [0.2, 0.25) is 18.1 Å². The second-order valence-electron chi connectivity index (χ2n) is 15.0. The van der Waals surface area contributed by atoms with Crippen molar-refractivity contribution < 1.29 is 51.6 Å². The minimum absolute atomic E-state index is 0.0557. The van der Waals surface area contributed by atoms with Crippen molar-refractivity contribution in [3.8, 4) is 5.75 Å². The third-order valence-electron chi connectivity index (χ3n) is 11.3. The zero-order valence-electron chi connectivity index (χ0n) is 31.7. The van der Waals surface area contributed by atoms with Gasteiger partial charge in [-0.05, 0) is 62.4 Å². The lowest BCUT2D eigenvalue weighted by molar-refractivity contribution is -0.128. The molecule has 4 aliphatic heterocycles. The van der Waals surface area contributed by atoms with Gasteiger partial charge in [0.25, 0.3) is 0 Å². The number of cyclic esters (lactones) is 1. The molecule has 18 heteroatoms. The number of amides is 3. The summed E-state index contributed by atoms with van der Waals surface area (Å²) in [5, 5.41) is 3.46. The maximum atomic E-state index is 16.0. The lowest BCUT2D eigenvalue weighted by atomic mass is 9.94. The average Bonchev–Trinajstić information content (AvgIpc) is 3.85. The smallest absolute Gasteiger partial charge is 0.419 e. The zero-order valence-corrected chi connectivity index (χ0v) is 31.7. The largest absolute Gasteiger partial charge is 0.492 e. The van der Waals surface area contributed by atoms with Crippen molar-refractivity contribution in [3.63, 3.8) is 0 Å². The molecule has 1 saturated carbocycles. The number of hydrogen-bond donors (Lipinski definition) is 1. The highest BCUT2D eigenvalue weighted by Gasteiger charge is 2.39. The molecule has 57 heavy (non-hydrogen) atoms. The van der Waals surface area contributed by atoms with Crippen molar-refractivity contribution in [1.82, 2.24) is 14.8 Å². The molecule has 5 heterocycles. The molecule has 3 amide bonds. The van der Waals surface area contributed by atoms with E-state index in [1.54, 1.807) is 16.7 Å². The van der Waals surface area contributed by atoms with Crippen LogP contribution >= 0.6 is 0 Å². The molecule has 3 atom stereocenters. The lowest BCUT2D eigenvalue weighted by Gasteiger charge is -2.29. The Hall–Kier alpha value is -5.49. The normalized spacial score (nSPS) is 22.0. The summed E-state index contributed by atoms with van der Waals surface area (Å²) in [6, 6.07) is 5.67. The number of aromatic nitrogens is 1. The predicted octanol–water partition coefficient (Wildman–Crippen LogP) is 3.77. The first-order valence-corrected chi connectivity index (χ1v) is 19.2. The van der Waals surface area contributed by atoms with Gasteiger partial charge in [-0.3, -0.25) is 14.5 Å². The number of morpholine rings is 1. The van der Waals surface area contributed by atoms with Crippen LogP contribution in [0.25, 0.3) is 10.9 Å². The Morgan fingerprint density at radius 3 is 2.47 bits per heavy atom. The summed E-state index contributed by atoms with van der Waals surface area (Å²) in [6.07, 6.45) is 2.01. The molecule has 1 N–H and O–H groups in total. The second kappa shape index (κ2) is 15.8. The number of ether oxygens (including phenoxy) is 5. The third-order valence-corrected chi connectivity index (χ3v) is 11.3. The standard InChI is InChI=1S/C39H44F2N6O10/c1-22(48)45(17-26-18-47(39(52)57-26)25-7-8-32(29(40)14-25)43-10-12-54-13-11-43)38(51)56-21-55-37(50)28-19-46(24-5-6-24)33-27(35(28)49)15-30(41)34(36(33)53-2)44-16-23-4-3-9-42-31(23)20-44/h7-8,14-15,19,23-24,26,31,42H,3-6,9-13,16-18,20-21H2,1-2H3. The Balaban J connectivity index is 0.929. The van der Waals surface area contributed by atoms with Crippen LogP contribution in [0.2, 0.25) is 0 Å². The van der Waals surface area contributed by atoms with Crippen LogP contribution in [0.3, 0.4) is 0 Å². The number of nitrogens with zero attached hydrogens (tertiary/aromatic N) is 5. The zero-order chi connectivity index (χ0) is 40.0. The third kappa shape index (κ3) is 7.55. The molecule has 4 saturated heterocycles. The van der Waals surface area contributed by atoms with Crippen LogP contribution < -0.4 is 30.2 Å². The van der Waals surface area contributed by atoms with Crippen molar-refractivity contribution in [2.45, 2.75) is 50.8 Å². The summed E-state index contributed by atoms with van der Waals surface area (Å²) in [4.78, 5) is 71.1. The molecule has 304 valence electrons. The van der Waals surface area contributed by atoms with Gasteiger partial charge in [0.1, 0.15) is 23.2 Å². The fraction of sp³-hybridized carbons (Fsp3) is 0.513. The maximum Gasteiger partial charge on any atom is 0.419 e. The Morgan fingerprint density at radius 2 is 1.77 bits per heavy atom. The first-order chi connectivity index (χ1) is 27.5. The van der Waals surface area contributed by atoms with Crippen molar-refractivity contribution in [1.29, 1.82) is 0 Å². The van der Waals surface area contributed by atoms with E-state index in [4.69, 9.17) is 23.7 Å². The van der Waals surface area contributed by atoms with Crippen molar-refractivity contribution >= 4 is 52.0 Å². The highest BCUT2D eigenvalue weighted by Crippen LogP contribution is 2.45. The summed E-state index contributed by atoms with van der Waals surface area (Å²) in [5.41, 5.74) is 0.0879. The quantitative estimate of drug-likeness (QED) is 0.234. The number of methoxy groups -OCH3 is 1. The summed E-state index contributed by atoms with van der Waals surface area (Å²) in [5.74, 6) is -2.46. The molecule has 1 aliphatic carbocycles. The summed E-state index contributed by atoms with van der Waals surface area (Å²) in [6.45, 7) is 3.79. The fourth-order valence-electron chi connectivity index (χ4n) is 8.32. The van der Waals surface area contributed by atoms with Gasteiger partial charge < -0.3 is 43.4 Å². The van der Waals surface area contributed by atoms with Crippen molar-refractivity contribution in [2.75, 3.05) is 87.6 Å². The van der Waals surface area contributed by atoms with Gasteiger partial charge >= 0.3 is 18.2 Å². The van der Waals surface area contributed by atoms with Gasteiger partial charge in [-0.1, -0.05) is 0 Å². The first-order valence-electron chi connectivity index (χ1n) is 19.2. The van der Waals surface area contributed by atoms with E-state index in [0.717, 1.165) is 45.2 Å². The molecule has 3 unspecified atom stereocenters. The molecule has 5 fully saturated rings. The van der Waals surface area contributed by atoms with E-state index in [1.165, 1.54) is 24.3 Å². The topological polar surface area (TPSA) is 161 Å². The monoisotopic (exact) mass is 794 g/mol. The van der Waals surface area contributed by atoms with Crippen LogP contribution in [0, 0.1) is 17.6 Å². The lowest BCUT2D eigenvalue weighted by Crippen LogP contribution is -2.42. The Kier molecular flexibility index (Phi) is 10.6. The van der Waals surface area contributed by atoms with E-state index in [2.05, 4.69) is 5.32 Å². The summed E-state index contributed by atoms with van der Waals surface area (Å²) < 4.78 is 59.6. The average molecular weight is 795 g/mol. The second-order valence-corrected chi connectivity index (χ2v) is 15.0. The predicted molar refractivity (Wildman–Crippen MR) is 201 cm³/mol. The molecule has 0 radical (unpaired) electrons. The van der Waals surface area contributed by atoms with E-state index in [0.29, 0.717) is 61.4 Å². The van der Waals surface area contributed by atoms with Crippen LogP contribution in [0.1, 0.15) is 49.0 Å². The molecular formula is C39H44F2N6O10. The van der Waals surface area contributed by atoms with Crippen LogP contribution in [-0.2, 0) is 23.7 Å². The number of rotatable bonds is 10. The number of carbonyl (C=O) groups excluding carboxylic acids is 4. The Labute approximate surface area is 326 Å². The number of imide groups is 1. The van der Waals surface area contributed by atoms with Gasteiger partial charge in [-0.25, -0.2) is 28.1 Å². The van der Waals surface area contributed by atoms with Crippen molar-refractivity contribution in [2.24, 2.45) is 5.92 Å².